The molecule has 0 aliphatic rings. The zero-order valence-electron chi connectivity index (χ0n) is 9.10. The van der Waals surface area contributed by atoms with Gasteiger partial charge in [0.1, 0.15) is 5.51 Å². The maximum Gasteiger partial charge on any atom is 0.174 e. The summed E-state index contributed by atoms with van der Waals surface area (Å²) in [6, 6.07) is 0. The monoisotopic (exact) mass is 252 g/mol. The Morgan fingerprint density at radius 1 is 1.44 bits per heavy atom. The van der Waals surface area contributed by atoms with Crippen molar-refractivity contribution in [2.24, 2.45) is 0 Å². The Morgan fingerprint density at radius 3 is 2.94 bits per heavy atom. The third kappa shape index (κ3) is 2.33. The molecule has 0 saturated carbocycles. The molecule has 0 saturated heterocycles. The van der Waals surface area contributed by atoms with Gasteiger partial charge in [0.25, 0.3) is 0 Å². The van der Waals surface area contributed by atoms with E-state index in [9.17, 15) is 0 Å². The first-order valence-corrected chi connectivity index (χ1v) is 6.64. The van der Waals surface area contributed by atoms with E-state index in [1.165, 1.54) is 11.3 Å². The standard InChI is InChI=1S/C10H12N4S2/c1-6-3-12-8(7(2)9(6)11)4-15-10-14-13-5-16-10/h3,5H,4H2,1-2H3,(H2,11,12). The number of nitrogens with zero attached hydrogens (tertiary/aromatic N) is 3. The molecule has 2 aromatic heterocycles. The summed E-state index contributed by atoms with van der Waals surface area (Å²) in [6.45, 7) is 3.97. The highest BCUT2D eigenvalue weighted by Gasteiger charge is 2.07. The van der Waals surface area contributed by atoms with Crippen LogP contribution in [0, 0.1) is 13.8 Å². The van der Waals surface area contributed by atoms with Crippen molar-refractivity contribution in [3.63, 3.8) is 0 Å². The predicted octanol–water partition coefficient (Wildman–Crippen LogP) is 2.42. The van der Waals surface area contributed by atoms with Crippen LogP contribution in [0.3, 0.4) is 0 Å². The van der Waals surface area contributed by atoms with Crippen molar-refractivity contribution in [2.45, 2.75) is 23.9 Å². The molecule has 0 spiro atoms. The molecule has 0 aliphatic heterocycles. The molecule has 2 rings (SSSR count). The van der Waals surface area contributed by atoms with Crippen LogP contribution in [0.4, 0.5) is 5.69 Å². The third-order valence-electron chi connectivity index (χ3n) is 2.35. The van der Waals surface area contributed by atoms with Gasteiger partial charge in [0.05, 0.1) is 5.69 Å². The predicted molar refractivity (Wildman–Crippen MR) is 67.6 cm³/mol. The first-order chi connectivity index (χ1) is 7.68. The van der Waals surface area contributed by atoms with Gasteiger partial charge >= 0.3 is 0 Å². The summed E-state index contributed by atoms with van der Waals surface area (Å²) in [5.41, 5.74) is 11.6. The minimum Gasteiger partial charge on any atom is -0.398 e. The summed E-state index contributed by atoms with van der Waals surface area (Å²) < 4.78 is 0.959. The van der Waals surface area contributed by atoms with E-state index in [0.717, 1.165) is 32.6 Å². The maximum absolute atomic E-state index is 5.96. The average Bonchev–Trinajstić information content (AvgIpc) is 2.78. The minimum absolute atomic E-state index is 0.783. The number of thioether (sulfide) groups is 1. The molecule has 2 heterocycles. The zero-order chi connectivity index (χ0) is 11.5. The first-order valence-electron chi connectivity index (χ1n) is 4.78. The minimum atomic E-state index is 0.783. The van der Waals surface area contributed by atoms with Crippen LogP contribution in [-0.2, 0) is 5.75 Å². The highest BCUT2D eigenvalue weighted by molar-refractivity contribution is 8.00. The van der Waals surface area contributed by atoms with Crippen molar-refractivity contribution in [1.82, 2.24) is 15.2 Å². The quantitative estimate of drug-likeness (QED) is 0.850. The average molecular weight is 252 g/mol. The number of anilines is 1. The van der Waals surface area contributed by atoms with Crippen molar-refractivity contribution < 1.29 is 0 Å². The number of aryl methyl sites for hydroxylation is 1. The van der Waals surface area contributed by atoms with E-state index in [0.29, 0.717) is 0 Å². The Bertz CT molecular complexity index is 482. The molecule has 84 valence electrons. The molecular weight excluding hydrogens is 240 g/mol. The van der Waals surface area contributed by atoms with Crippen LogP contribution in [0.25, 0.3) is 0 Å². The van der Waals surface area contributed by atoms with Crippen LogP contribution in [0.15, 0.2) is 16.0 Å². The van der Waals surface area contributed by atoms with Crippen molar-refractivity contribution in [1.29, 1.82) is 0 Å². The lowest BCUT2D eigenvalue weighted by Gasteiger charge is -2.08. The van der Waals surface area contributed by atoms with Crippen LogP contribution in [-0.4, -0.2) is 15.2 Å². The topological polar surface area (TPSA) is 64.7 Å². The second kappa shape index (κ2) is 4.80. The number of aromatic nitrogens is 3. The second-order valence-corrected chi connectivity index (χ2v) is 5.48. The Morgan fingerprint density at radius 2 is 2.25 bits per heavy atom. The summed E-state index contributed by atoms with van der Waals surface area (Å²) >= 11 is 3.17. The number of hydrogen-bond acceptors (Lipinski definition) is 6. The summed E-state index contributed by atoms with van der Waals surface area (Å²) in [7, 11) is 0. The molecule has 0 bridgehead atoms. The Balaban J connectivity index is 2.13. The summed E-state index contributed by atoms with van der Waals surface area (Å²) in [4.78, 5) is 4.39. The number of rotatable bonds is 3. The van der Waals surface area contributed by atoms with Gasteiger partial charge in [0.2, 0.25) is 0 Å². The molecule has 0 aliphatic carbocycles. The number of hydrogen-bond donors (Lipinski definition) is 1. The summed E-state index contributed by atoms with van der Waals surface area (Å²) in [5, 5.41) is 7.76. The van der Waals surface area contributed by atoms with E-state index >= 15 is 0 Å². The van der Waals surface area contributed by atoms with Gasteiger partial charge in [-0.1, -0.05) is 23.1 Å². The SMILES string of the molecule is Cc1cnc(CSc2nncs2)c(C)c1N. The molecule has 0 amide bonds. The molecule has 0 fully saturated rings. The Hall–Kier alpha value is -1.14. The van der Waals surface area contributed by atoms with Crippen molar-refractivity contribution in [3.8, 4) is 0 Å². The van der Waals surface area contributed by atoms with Gasteiger partial charge in [-0.3, -0.25) is 4.98 Å². The number of nitrogen functional groups attached to an aromatic ring is 1. The largest absolute Gasteiger partial charge is 0.398 e. The van der Waals surface area contributed by atoms with Crippen LogP contribution < -0.4 is 5.73 Å². The maximum atomic E-state index is 5.96. The number of pyridine rings is 1. The zero-order valence-corrected chi connectivity index (χ0v) is 10.7. The second-order valence-electron chi connectivity index (χ2n) is 3.42. The van der Waals surface area contributed by atoms with Gasteiger partial charge in [-0.15, -0.1) is 10.2 Å². The van der Waals surface area contributed by atoms with Crippen molar-refractivity contribution >= 4 is 28.8 Å². The molecule has 0 atom stereocenters. The fraction of sp³-hybridized carbons (Fsp3) is 0.300. The summed E-state index contributed by atoms with van der Waals surface area (Å²) in [6.07, 6.45) is 1.82. The smallest absolute Gasteiger partial charge is 0.174 e. The molecule has 2 N–H and O–H groups in total. The van der Waals surface area contributed by atoms with Crippen LogP contribution in [0.2, 0.25) is 0 Å². The lowest BCUT2D eigenvalue weighted by atomic mass is 10.1. The molecule has 6 heteroatoms. The molecule has 0 radical (unpaired) electrons. The van der Waals surface area contributed by atoms with E-state index in [2.05, 4.69) is 15.2 Å². The molecule has 4 nitrogen and oxygen atoms in total. The van der Waals surface area contributed by atoms with E-state index < -0.39 is 0 Å². The fourth-order valence-corrected chi connectivity index (χ4v) is 2.81. The van der Waals surface area contributed by atoms with Gasteiger partial charge in [0, 0.05) is 17.6 Å². The highest BCUT2D eigenvalue weighted by atomic mass is 32.2. The normalized spacial score (nSPS) is 10.6. The molecular formula is C10H12N4S2. The summed E-state index contributed by atoms with van der Waals surface area (Å²) in [5.74, 6) is 0.783. The van der Waals surface area contributed by atoms with Gasteiger partial charge in [-0.25, -0.2) is 0 Å². The van der Waals surface area contributed by atoms with Crippen molar-refractivity contribution in [3.05, 3.63) is 28.5 Å². The Labute approximate surface area is 102 Å². The van der Waals surface area contributed by atoms with Gasteiger partial charge in [-0.2, -0.15) is 0 Å². The number of nitrogens with two attached hydrogens (primary N) is 1. The van der Waals surface area contributed by atoms with Crippen LogP contribution in [0.1, 0.15) is 16.8 Å². The fourth-order valence-electron chi connectivity index (χ4n) is 1.29. The lowest BCUT2D eigenvalue weighted by Crippen LogP contribution is -2.00. The van der Waals surface area contributed by atoms with E-state index in [1.54, 1.807) is 17.3 Å². The van der Waals surface area contributed by atoms with E-state index in [-0.39, 0.29) is 0 Å². The van der Waals surface area contributed by atoms with E-state index in [1.807, 2.05) is 20.0 Å². The van der Waals surface area contributed by atoms with Crippen LogP contribution in [0.5, 0.6) is 0 Å². The van der Waals surface area contributed by atoms with Crippen LogP contribution >= 0.6 is 23.1 Å². The molecule has 16 heavy (non-hydrogen) atoms. The van der Waals surface area contributed by atoms with Gasteiger partial charge < -0.3 is 5.73 Å². The van der Waals surface area contributed by atoms with Gasteiger partial charge in [-0.05, 0) is 25.0 Å². The van der Waals surface area contributed by atoms with E-state index in [4.69, 9.17) is 5.73 Å². The first kappa shape index (κ1) is 11.3. The Kier molecular flexibility index (Phi) is 3.40. The molecule has 2 aromatic rings. The molecule has 0 aromatic carbocycles. The van der Waals surface area contributed by atoms with Gasteiger partial charge in [0.15, 0.2) is 4.34 Å². The lowest BCUT2D eigenvalue weighted by molar-refractivity contribution is 1.01. The molecule has 0 unspecified atom stereocenters. The van der Waals surface area contributed by atoms with Crippen molar-refractivity contribution in [2.75, 3.05) is 5.73 Å². The third-order valence-corrected chi connectivity index (χ3v) is 4.22. The highest BCUT2D eigenvalue weighted by Crippen LogP contribution is 2.26.